The van der Waals surface area contributed by atoms with Crippen LogP contribution in [0.3, 0.4) is 0 Å². The van der Waals surface area contributed by atoms with Crippen LogP contribution in [0.2, 0.25) is 0 Å². The molecule has 478 valence electrons. The third-order valence-corrected chi connectivity index (χ3v) is 16.2. The maximum absolute atomic E-state index is 12.8. The second-order valence-electron chi connectivity index (χ2n) is 24.5. The molecule has 0 aliphatic rings. The standard InChI is InChI=1S/C72H132NO8P/c1-6-8-10-12-14-16-18-20-22-24-26-28-29-30-31-32-33-34-35-36-37-38-39-40-41-42-43-45-46-48-50-52-54-56-58-60-62-64-71(74)78-68-70(69-80-82(76,77)79-67-66-73(3,4)5)81-72(75)65-63-61-59-57-55-53-51-49-47-44-27-25-23-21-19-17-15-13-11-9-7-2/h9,11,15,17,21,23-24,26-27,44,49,51,70H,6-8,10,12-14,16,18-20,22,25,28-43,45-48,50,52-69H2,1-5H3/p+1/b11-9-,17-15-,23-21-,26-24-,44-27-,51-49-. The van der Waals surface area contributed by atoms with Crippen LogP contribution < -0.4 is 0 Å². The van der Waals surface area contributed by atoms with Crippen molar-refractivity contribution in [3.63, 3.8) is 0 Å². The maximum atomic E-state index is 12.8. The molecule has 0 fully saturated rings. The van der Waals surface area contributed by atoms with Gasteiger partial charge in [0.15, 0.2) is 6.10 Å². The first-order valence-corrected chi connectivity index (χ1v) is 36.2. The van der Waals surface area contributed by atoms with E-state index in [1.165, 1.54) is 205 Å². The third-order valence-electron chi connectivity index (χ3n) is 15.2. The maximum Gasteiger partial charge on any atom is 0.472 e. The minimum atomic E-state index is -4.40. The van der Waals surface area contributed by atoms with Crippen molar-refractivity contribution >= 4 is 19.8 Å². The number of phosphoric acid groups is 1. The number of phosphoric ester groups is 1. The quantitative estimate of drug-likeness (QED) is 0.0211. The molecule has 0 aromatic heterocycles. The van der Waals surface area contributed by atoms with Crippen molar-refractivity contribution in [1.82, 2.24) is 0 Å². The van der Waals surface area contributed by atoms with Gasteiger partial charge in [0, 0.05) is 12.8 Å². The summed E-state index contributed by atoms with van der Waals surface area (Å²) in [6.07, 6.45) is 84.5. The van der Waals surface area contributed by atoms with Crippen LogP contribution in [-0.4, -0.2) is 74.9 Å². The van der Waals surface area contributed by atoms with Gasteiger partial charge >= 0.3 is 19.8 Å². The largest absolute Gasteiger partial charge is 0.472 e. The van der Waals surface area contributed by atoms with Crippen LogP contribution >= 0.6 is 7.82 Å². The number of ether oxygens (including phenoxy) is 2. The van der Waals surface area contributed by atoms with E-state index in [1.807, 2.05) is 21.1 Å². The summed E-state index contributed by atoms with van der Waals surface area (Å²) >= 11 is 0. The molecular weight excluding hydrogens is 1040 g/mol. The topological polar surface area (TPSA) is 108 Å². The number of unbranched alkanes of at least 4 members (excludes halogenated alkanes) is 38. The summed E-state index contributed by atoms with van der Waals surface area (Å²) in [7, 11) is 1.47. The fourth-order valence-corrected chi connectivity index (χ4v) is 10.7. The highest BCUT2D eigenvalue weighted by Gasteiger charge is 2.27. The van der Waals surface area contributed by atoms with Crippen molar-refractivity contribution in [2.24, 2.45) is 0 Å². The molecule has 2 unspecified atom stereocenters. The summed E-state index contributed by atoms with van der Waals surface area (Å²) in [5.41, 5.74) is 0. The van der Waals surface area contributed by atoms with E-state index in [2.05, 4.69) is 86.8 Å². The van der Waals surface area contributed by atoms with Crippen molar-refractivity contribution in [2.45, 2.75) is 328 Å². The summed E-state index contributed by atoms with van der Waals surface area (Å²) in [6.45, 7) is 4.33. The molecule has 1 N–H and O–H groups in total. The zero-order valence-corrected chi connectivity index (χ0v) is 55.4. The molecule has 0 aromatic carbocycles. The lowest BCUT2D eigenvalue weighted by atomic mass is 10.0. The first kappa shape index (κ1) is 79.5. The molecule has 0 amide bonds. The monoisotopic (exact) mass is 1170 g/mol. The van der Waals surface area contributed by atoms with Crippen LogP contribution in [0.4, 0.5) is 0 Å². The minimum Gasteiger partial charge on any atom is -0.462 e. The Labute approximate surface area is 508 Å². The van der Waals surface area contributed by atoms with Crippen LogP contribution in [0.5, 0.6) is 0 Å². The number of carbonyl (C=O) groups excluding carboxylic acids is 2. The molecule has 0 saturated carbocycles. The molecule has 2 atom stereocenters. The third kappa shape index (κ3) is 66.6. The highest BCUT2D eigenvalue weighted by Crippen LogP contribution is 2.43. The Balaban J connectivity index is 3.97. The highest BCUT2D eigenvalue weighted by molar-refractivity contribution is 7.47. The van der Waals surface area contributed by atoms with Crippen LogP contribution in [-0.2, 0) is 32.7 Å². The number of carbonyl (C=O) groups is 2. The van der Waals surface area contributed by atoms with E-state index < -0.39 is 26.5 Å². The Morgan fingerprint density at radius 2 is 0.695 bits per heavy atom. The molecule has 0 radical (unpaired) electrons. The van der Waals surface area contributed by atoms with Crippen molar-refractivity contribution in [3.05, 3.63) is 72.9 Å². The number of quaternary nitrogens is 1. The molecule has 82 heavy (non-hydrogen) atoms. The van der Waals surface area contributed by atoms with Gasteiger partial charge in [-0.25, -0.2) is 4.57 Å². The van der Waals surface area contributed by atoms with E-state index in [9.17, 15) is 19.0 Å². The molecule has 9 nitrogen and oxygen atoms in total. The van der Waals surface area contributed by atoms with Gasteiger partial charge in [0.2, 0.25) is 0 Å². The number of esters is 2. The van der Waals surface area contributed by atoms with E-state index in [0.717, 1.165) is 83.5 Å². The van der Waals surface area contributed by atoms with Gasteiger partial charge in [-0.15, -0.1) is 0 Å². The Morgan fingerprint density at radius 1 is 0.390 bits per heavy atom. The van der Waals surface area contributed by atoms with E-state index in [4.69, 9.17) is 18.5 Å². The molecular formula is C72H133NO8P+. The Bertz CT molecular complexity index is 1610. The lowest BCUT2D eigenvalue weighted by molar-refractivity contribution is -0.870. The van der Waals surface area contributed by atoms with Gasteiger partial charge in [0.1, 0.15) is 19.8 Å². The molecule has 0 aliphatic heterocycles. The molecule has 0 bridgehead atoms. The van der Waals surface area contributed by atoms with E-state index in [-0.39, 0.29) is 32.0 Å². The summed E-state index contributed by atoms with van der Waals surface area (Å²) in [6, 6.07) is 0. The smallest absolute Gasteiger partial charge is 0.462 e. The average molecular weight is 1170 g/mol. The first-order valence-electron chi connectivity index (χ1n) is 34.7. The number of nitrogens with zero attached hydrogens (tertiary/aromatic N) is 1. The molecule has 0 heterocycles. The summed E-state index contributed by atoms with van der Waals surface area (Å²) in [5, 5.41) is 0. The van der Waals surface area contributed by atoms with E-state index >= 15 is 0 Å². The number of hydrogen-bond acceptors (Lipinski definition) is 7. The van der Waals surface area contributed by atoms with Gasteiger partial charge in [0.25, 0.3) is 0 Å². The predicted molar refractivity (Wildman–Crippen MR) is 353 cm³/mol. The fraction of sp³-hybridized carbons (Fsp3) is 0.806. The van der Waals surface area contributed by atoms with Crippen LogP contribution in [0.25, 0.3) is 0 Å². The Hall–Kier alpha value is -2.55. The normalized spacial score (nSPS) is 13.6. The van der Waals surface area contributed by atoms with Gasteiger partial charge in [-0.3, -0.25) is 18.6 Å². The van der Waals surface area contributed by atoms with Crippen molar-refractivity contribution < 1.29 is 42.1 Å². The summed E-state index contributed by atoms with van der Waals surface area (Å²) < 4.78 is 34.6. The van der Waals surface area contributed by atoms with Gasteiger partial charge < -0.3 is 18.9 Å². The molecule has 0 aromatic rings. The lowest BCUT2D eigenvalue weighted by Crippen LogP contribution is -2.37. The Kier molecular flexibility index (Phi) is 61.0. The SMILES string of the molecule is CC/C=C\C/C=C\C/C=C\C/C=C\C/C=C\CCCCCCCC(=O)OC(COC(=O)CCCCCCCCCCCCCCCCCCCCCCCCCCC/C=C\CCCCCCCCCC)COP(=O)(O)OCC[N+](C)(C)C. The van der Waals surface area contributed by atoms with Gasteiger partial charge in [-0.2, -0.15) is 0 Å². The van der Waals surface area contributed by atoms with Crippen LogP contribution in [0.15, 0.2) is 72.9 Å². The number of rotatable bonds is 64. The second kappa shape index (κ2) is 63.0. The van der Waals surface area contributed by atoms with Crippen molar-refractivity contribution in [2.75, 3.05) is 47.5 Å². The summed E-state index contributed by atoms with van der Waals surface area (Å²) in [5.74, 6) is -0.810. The first-order chi connectivity index (χ1) is 40.0. The van der Waals surface area contributed by atoms with Gasteiger partial charge in [-0.1, -0.05) is 299 Å². The summed E-state index contributed by atoms with van der Waals surface area (Å²) in [4.78, 5) is 35.8. The van der Waals surface area contributed by atoms with Gasteiger partial charge in [-0.05, 0) is 83.5 Å². The molecule has 0 spiro atoms. The van der Waals surface area contributed by atoms with Crippen molar-refractivity contribution in [3.8, 4) is 0 Å². The zero-order valence-electron chi connectivity index (χ0n) is 54.5. The number of likely N-dealkylation sites (N-methyl/N-ethyl adjacent to an activating group) is 1. The number of hydrogen-bond donors (Lipinski definition) is 1. The van der Waals surface area contributed by atoms with E-state index in [1.54, 1.807) is 0 Å². The Morgan fingerprint density at radius 3 is 1.05 bits per heavy atom. The fourth-order valence-electron chi connectivity index (χ4n) is 9.92. The average Bonchev–Trinajstić information content (AvgIpc) is 3.46. The number of allylic oxidation sites excluding steroid dienone is 12. The van der Waals surface area contributed by atoms with E-state index in [0.29, 0.717) is 17.4 Å². The predicted octanol–water partition coefficient (Wildman–Crippen LogP) is 22.4. The molecule has 0 saturated heterocycles. The zero-order chi connectivity index (χ0) is 59.8. The molecule has 0 aliphatic carbocycles. The minimum absolute atomic E-state index is 0.0259. The second-order valence-corrected chi connectivity index (χ2v) is 26.0. The highest BCUT2D eigenvalue weighted by atomic mass is 31.2. The van der Waals surface area contributed by atoms with Gasteiger partial charge in [0.05, 0.1) is 27.7 Å². The van der Waals surface area contributed by atoms with Crippen molar-refractivity contribution in [1.29, 1.82) is 0 Å². The lowest BCUT2D eigenvalue weighted by Gasteiger charge is -2.24. The van der Waals surface area contributed by atoms with Crippen LogP contribution in [0.1, 0.15) is 322 Å². The molecule has 10 heteroatoms. The van der Waals surface area contributed by atoms with Crippen LogP contribution in [0, 0.1) is 0 Å². The molecule has 0 rings (SSSR count).